The van der Waals surface area contributed by atoms with E-state index in [9.17, 15) is 0 Å². The van der Waals surface area contributed by atoms with E-state index in [1.807, 2.05) is 31.2 Å². The third-order valence-corrected chi connectivity index (χ3v) is 10.2. The Morgan fingerprint density at radius 2 is 1.06 bits per heavy atom. The maximum absolute atomic E-state index is 5.87. The fourth-order valence-electron chi connectivity index (χ4n) is 7.85. The highest BCUT2D eigenvalue weighted by atomic mass is 15.1. The molecular formula is C52H36N2. The minimum absolute atomic E-state index is 0.835. The third-order valence-electron chi connectivity index (χ3n) is 10.2. The van der Waals surface area contributed by atoms with E-state index < -0.39 is 0 Å². The lowest BCUT2D eigenvalue weighted by Crippen LogP contribution is -2.01. The molecule has 0 fully saturated rings. The molecule has 2 nitrogen and oxygen atoms in total. The maximum Gasteiger partial charge on any atom is 0.145 e. The molecule has 0 aliphatic rings. The summed E-state index contributed by atoms with van der Waals surface area (Å²) in [6.07, 6.45) is 11.7. The summed E-state index contributed by atoms with van der Waals surface area (Å²) in [6, 6.07) is 62.9. The number of nitrogens with zero attached hydrogens (tertiary/aromatic N) is 2. The van der Waals surface area contributed by atoms with Crippen molar-refractivity contribution in [3.05, 3.63) is 200 Å². The molecule has 0 aliphatic heterocycles. The van der Waals surface area contributed by atoms with Crippen molar-refractivity contribution in [2.24, 2.45) is 0 Å². The van der Waals surface area contributed by atoms with Gasteiger partial charge in [-0.1, -0.05) is 176 Å². The molecule has 0 radical (unpaired) electrons. The van der Waals surface area contributed by atoms with Gasteiger partial charge in [0.25, 0.3) is 0 Å². The summed E-state index contributed by atoms with van der Waals surface area (Å²) in [7, 11) is 0. The van der Waals surface area contributed by atoms with Gasteiger partial charge in [0.1, 0.15) is 5.82 Å². The summed E-state index contributed by atoms with van der Waals surface area (Å²) in [5.41, 5.74) is 10.6. The second kappa shape index (κ2) is 14.1. The van der Waals surface area contributed by atoms with Crippen LogP contribution < -0.4 is 0 Å². The highest BCUT2D eigenvalue weighted by molar-refractivity contribution is 6.21. The molecule has 0 saturated heterocycles. The zero-order valence-corrected chi connectivity index (χ0v) is 29.9. The molecule has 0 spiro atoms. The topological polar surface area (TPSA) is 17.8 Å². The van der Waals surface area contributed by atoms with Gasteiger partial charge < -0.3 is 0 Å². The predicted molar refractivity (Wildman–Crippen MR) is 229 cm³/mol. The first kappa shape index (κ1) is 32.7. The van der Waals surface area contributed by atoms with Gasteiger partial charge in [-0.05, 0) is 85.8 Å². The average molecular weight is 689 g/mol. The molecule has 8 aromatic carbocycles. The summed E-state index contributed by atoms with van der Waals surface area (Å²) < 4.78 is 2.27. The zero-order chi connectivity index (χ0) is 36.4. The van der Waals surface area contributed by atoms with Crippen LogP contribution in [-0.4, -0.2) is 9.55 Å². The van der Waals surface area contributed by atoms with Crippen LogP contribution in [0.1, 0.15) is 12.6 Å². The fraction of sp³-hybridized carbons (Fsp3) is 0.0192. The molecule has 1 heterocycles. The van der Waals surface area contributed by atoms with Crippen molar-refractivity contribution in [1.29, 1.82) is 0 Å². The number of benzene rings is 8. The quantitative estimate of drug-likeness (QED) is 0.0926. The summed E-state index contributed by atoms with van der Waals surface area (Å²) in [4.78, 5) is 5.34. The van der Waals surface area contributed by atoms with Crippen molar-refractivity contribution in [3.8, 4) is 62.9 Å². The summed E-state index contributed by atoms with van der Waals surface area (Å²) in [6.45, 7) is 2.00. The van der Waals surface area contributed by atoms with Gasteiger partial charge in [-0.25, -0.2) is 4.98 Å². The second-order valence-corrected chi connectivity index (χ2v) is 13.4. The molecule has 254 valence electrons. The Bertz CT molecular complexity index is 2860. The Morgan fingerprint density at radius 1 is 0.537 bits per heavy atom. The van der Waals surface area contributed by atoms with E-state index in [0.29, 0.717) is 0 Å². The van der Waals surface area contributed by atoms with Crippen LogP contribution in [0.25, 0.3) is 88.5 Å². The van der Waals surface area contributed by atoms with Crippen molar-refractivity contribution in [1.82, 2.24) is 9.55 Å². The minimum Gasteiger partial charge on any atom is -0.292 e. The molecule has 54 heavy (non-hydrogen) atoms. The zero-order valence-electron chi connectivity index (χ0n) is 29.9. The number of rotatable bonds is 7. The molecule has 1 aromatic heterocycles. The summed E-state index contributed by atoms with van der Waals surface area (Å²) >= 11 is 0. The minimum atomic E-state index is 0.835. The van der Waals surface area contributed by atoms with Crippen LogP contribution in [0.5, 0.6) is 0 Å². The van der Waals surface area contributed by atoms with Gasteiger partial charge in [-0.2, -0.15) is 0 Å². The van der Waals surface area contributed by atoms with E-state index in [1.165, 1.54) is 49.0 Å². The van der Waals surface area contributed by atoms with Gasteiger partial charge in [0.2, 0.25) is 0 Å². The number of fused-ring (bicyclic) bond motifs is 3. The molecule has 0 atom stereocenters. The number of terminal acetylenes is 1. The van der Waals surface area contributed by atoms with Crippen molar-refractivity contribution < 1.29 is 0 Å². The SMILES string of the molecule is C#C/C=C(\C=C/C)c1nc(-c2ccccc2)n(-c2ccc(-c3c4ccccc4c(-c4ccc5ccccc5c4)c4ccccc34)cc2)c1-c1ccccc1. The Balaban J connectivity index is 1.27. The number of imidazole rings is 1. The lowest BCUT2D eigenvalue weighted by atomic mass is 9.85. The van der Waals surface area contributed by atoms with E-state index in [1.54, 1.807) is 6.08 Å². The Morgan fingerprint density at radius 3 is 1.65 bits per heavy atom. The molecule has 0 saturated carbocycles. The third kappa shape index (κ3) is 5.70. The second-order valence-electron chi connectivity index (χ2n) is 13.4. The molecule has 0 bridgehead atoms. The van der Waals surface area contributed by atoms with Crippen molar-refractivity contribution in [3.63, 3.8) is 0 Å². The van der Waals surface area contributed by atoms with Crippen molar-refractivity contribution in [2.45, 2.75) is 6.92 Å². The van der Waals surface area contributed by atoms with Gasteiger partial charge >= 0.3 is 0 Å². The highest BCUT2D eigenvalue weighted by Crippen LogP contribution is 2.45. The van der Waals surface area contributed by atoms with Crippen LogP contribution in [0.15, 0.2) is 194 Å². The van der Waals surface area contributed by atoms with Crippen molar-refractivity contribution in [2.75, 3.05) is 0 Å². The van der Waals surface area contributed by atoms with E-state index in [2.05, 4.69) is 174 Å². The summed E-state index contributed by atoms with van der Waals surface area (Å²) in [5, 5.41) is 7.40. The van der Waals surface area contributed by atoms with Crippen LogP contribution in [0.3, 0.4) is 0 Å². The average Bonchev–Trinajstić information content (AvgIpc) is 3.64. The monoisotopic (exact) mass is 688 g/mol. The maximum atomic E-state index is 5.87. The predicted octanol–water partition coefficient (Wildman–Crippen LogP) is 13.6. The van der Waals surface area contributed by atoms with Crippen LogP contribution >= 0.6 is 0 Å². The molecule has 0 aliphatic carbocycles. The normalized spacial score (nSPS) is 11.8. The van der Waals surface area contributed by atoms with Gasteiger partial charge in [0, 0.05) is 22.4 Å². The van der Waals surface area contributed by atoms with Gasteiger partial charge in [-0.3, -0.25) is 4.57 Å². The lowest BCUT2D eigenvalue weighted by molar-refractivity contribution is 1.07. The van der Waals surface area contributed by atoms with Gasteiger partial charge in [0.05, 0.1) is 11.4 Å². The fourth-order valence-corrected chi connectivity index (χ4v) is 7.85. The number of allylic oxidation sites excluding steroid dienone is 4. The smallest absolute Gasteiger partial charge is 0.145 e. The van der Waals surface area contributed by atoms with E-state index >= 15 is 0 Å². The van der Waals surface area contributed by atoms with Gasteiger partial charge in [0.15, 0.2) is 0 Å². The largest absolute Gasteiger partial charge is 0.292 e. The van der Waals surface area contributed by atoms with Crippen LogP contribution in [-0.2, 0) is 0 Å². The first-order chi connectivity index (χ1) is 26.7. The summed E-state index contributed by atoms with van der Waals surface area (Å²) in [5.74, 6) is 3.60. The number of aromatic nitrogens is 2. The standard InChI is InChI=1S/C52H36N2/c1-3-17-38(18-4-2)50-51(39-20-7-5-8-21-39)54(52(53-50)40-22-9-6-10-23-40)43-33-31-37(32-34-43)48-44-25-13-15-27-46(44)49(47-28-16-14-26-45(47)48)42-30-29-36-19-11-12-24-41(36)35-42/h1,4-35H,2H3/b18-4-,38-17+. The first-order valence-electron chi connectivity index (χ1n) is 18.3. The Labute approximate surface area is 316 Å². The van der Waals surface area contributed by atoms with E-state index in [-0.39, 0.29) is 0 Å². The molecular weight excluding hydrogens is 653 g/mol. The molecule has 2 heteroatoms. The van der Waals surface area contributed by atoms with Crippen LogP contribution in [0.2, 0.25) is 0 Å². The van der Waals surface area contributed by atoms with Crippen LogP contribution in [0.4, 0.5) is 0 Å². The number of hydrogen-bond donors (Lipinski definition) is 0. The van der Waals surface area contributed by atoms with Gasteiger partial charge in [-0.15, -0.1) is 6.42 Å². The highest BCUT2D eigenvalue weighted by Gasteiger charge is 2.23. The molecule has 9 rings (SSSR count). The molecule has 0 unspecified atom stereocenters. The molecule has 0 amide bonds. The van der Waals surface area contributed by atoms with E-state index in [0.717, 1.165) is 45.2 Å². The molecule has 0 N–H and O–H groups in total. The Hall–Kier alpha value is -7.21. The lowest BCUT2D eigenvalue weighted by Gasteiger charge is -2.19. The molecule has 9 aromatic rings. The van der Waals surface area contributed by atoms with E-state index in [4.69, 9.17) is 11.4 Å². The Kier molecular flexibility index (Phi) is 8.52. The van der Waals surface area contributed by atoms with Crippen LogP contribution in [0, 0.1) is 12.3 Å². The number of hydrogen-bond acceptors (Lipinski definition) is 1. The first-order valence-corrected chi connectivity index (χ1v) is 18.3. The van der Waals surface area contributed by atoms with Crippen molar-refractivity contribution >= 4 is 37.9 Å².